The molecular weight excluding hydrogens is 493 g/mol. The van der Waals surface area contributed by atoms with Crippen molar-refractivity contribution < 1.29 is 22.4 Å². The van der Waals surface area contributed by atoms with Crippen LogP contribution in [0.3, 0.4) is 0 Å². The molecule has 3 aromatic carbocycles. The van der Waals surface area contributed by atoms with Crippen LogP contribution in [0.2, 0.25) is 0 Å². The van der Waals surface area contributed by atoms with Crippen LogP contribution in [0.15, 0.2) is 89.8 Å². The summed E-state index contributed by atoms with van der Waals surface area (Å²) in [5.74, 6) is -1.40. The van der Waals surface area contributed by atoms with Gasteiger partial charge in [-0.15, -0.1) is 0 Å². The second-order valence-corrected chi connectivity index (χ2v) is 10.5. The van der Waals surface area contributed by atoms with Crippen LogP contribution in [0.25, 0.3) is 0 Å². The summed E-state index contributed by atoms with van der Waals surface area (Å²) in [4.78, 5) is 27.7. The van der Waals surface area contributed by atoms with Gasteiger partial charge in [0.1, 0.15) is 18.4 Å². The summed E-state index contributed by atoms with van der Waals surface area (Å²) in [6, 6.07) is 21.4. The molecule has 0 fully saturated rings. The standard InChI is InChI=1S/C28H32FN3O4S/c1-3-19-30-28(34)22(2)31(20-18-23-10-6-4-7-11-23)27(33)21-32(25-12-8-5-9-13-25)37(35,36)26-16-14-24(29)15-17-26/h4-17,22H,3,18-21H2,1-2H3,(H,30,34). The SMILES string of the molecule is CCCNC(=O)C(C)N(CCc1ccccc1)C(=O)CN(c1ccccc1)S(=O)(=O)c1ccc(F)cc1. The van der Waals surface area contributed by atoms with E-state index in [0.29, 0.717) is 13.0 Å². The average Bonchev–Trinajstić information content (AvgIpc) is 2.91. The first kappa shape index (κ1) is 27.9. The second-order valence-electron chi connectivity index (χ2n) is 8.59. The number of nitrogens with one attached hydrogen (secondary N) is 1. The minimum absolute atomic E-state index is 0.143. The van der Waals surface area contributed by atoms with E-state index in [1.165, 1.54) is 17.0 Å². The predicted molar refractivity (Wildman–Crippen MR) is 142 cm³/mol. The van der Waals surface area contributed by atoms with Gasteiger partial charge in [-0.3, -0.25) is 13.9 Å². The third kappa shape index (κ3) is 7.39. The molecule has 1 unspecified atom stereocenters. The highest BCUT2D eigenvalue weighted by Gasteiger charge is 2.32. The van der Waals surface area contributed by atoms with Gasteiger partial charge < -0.3 is 10.2 Å². The van der Waals surface area contributed by atoms with E-state index in [2.05, 4.69) is 5.32 Å². The zero-order valence-corrected chi connectivity index (χ0v) is 21.8. The zero-order valence-electron chi connectivity index (χ0n) is 21.0. The van der Waals surface area contributed by atoms with Gasteiger partial charge in [0.2, 0.25) is 11.8 Å². The topological polar surface area (TPSA) is 86.8 Å². The van der Waals surface area contributed by atoms with Gasteiger partial charge in [0.25, 0.3) is 10.0 Å². The lowest BCUT2D eigenvalue weighted by molar-refractivity contribution is -0.138. The third-order valence-corrected chi connectivity index (χ3v) is 7.71. The van der Waals surface area contributed by atoms with Crippen LogP contribution in [-0.2, 0) is 26.0 Å². The van der Waals surface area contributed by atoms with E-state index in [1.54, 1.807) is 37.3 Å². The van der Waals surface area contributed by atoms with Gasteiger partial charge in [0, 0.05) is 13.1 Å². The molecule has 9 heteroatoms. The molecule has 0 saturated heterocycles. The molecule has 0 radical (unpaired) electrons. The summed E-state index contributed by atoms with van der Waals surface area (Å²) < 4.78 is 41.6. The Balaban J connectivity index is 1.93. The lowest BCUT2D eigenvalue weighted by Crippen LogP contribution is -2.52. The molecule has 1 atom stereocenters. The van der Waals surface area contributed by atoms with Gasteiger partial charge in [-0.05, 0) is 61.7 Å². The minimum atomic E-state index is -4.21. The van der Waals surface area contributed by atoms with Gasteiger partial charge in [-0.25, -0.2) is 12.8 Å². The maximum Gasteiger partial charge on any atom is 0.264 e. The van der Waals surface area contributed by atoms with Crippen LogP contribution in [0.1, 0.15) is 25.8 Å². The zero-order chi connectivity index (χ0) is 26.8. The Labute approximate surface area is 218 Å². The fourth-order valence-electron chi connectivity index (χ4n) is 3.82. The molecule has 0 aliphatic heterocycles. The highest BCUT2D eigenvalue weighted by molar-refractivity contribution is 7.92. The number of hydrogen-bond acceptors (Lipinski definition) is 4. The third-order valence-electron chi connectivity index (χ3n) is 5.93. The second kappa shape index (κ2) is 13.0. The van der Waals surface area contributed by atoms with Crippen LogP contribution in [0.5, 0.6) is 0 Å². The quantitative estimate of drug-likeness (QED) is 0.387. The van der Waals surface area contributed by atoms with Crippen molar-refractivity contribution in [2.24, 2.45) is 0 Å². The Morgan fingerprint density at radius 3 is 2.11 bits per heavy atom. The van der Waals surface area contributed by atoms with Crippen LogP contribution >= 0.6 is 0 Å². The van der Waals surface area contributed by atoms with E-state index < -0.39 is 34.3 Å². The van der Waals surface area contributed by atoms with Crippen molar-refractivity contribution in [3.8, 4) is 0 Å². The molecule has 1 N–H and O–H groups in total. The minimum Gasteiger partial charge on any atom is -0.354 e. The highest BCUT2D eigenvalue weighted by atomic mass is 32.2. The number of rotatable bonds is 12. The van der Waals surface area contributed by atoms with Crippen molar-refractivity contribution in [1.29, 1.82) is 0 Å². The lowest BCUT2D eigenvalue weighted by atomic mass is 10.1. The fraction of sp³-hybridized carbons (Fsp3) is 0.286. The number of para-hydroxylation sites is 1. The molecule has 196 valence electrons. The maximum absolute atomic E-state index is 13.7. The molecule has 0 spiro atoms. The number of halogens is 1. The average molecular weight is 526 g/mol. The van der Waals surface area contributed by atoms with Gasteiger partial charge in [0.05, 0.1) is 10.6 Å². The van der Waals surface area contributed by atoms with E-state index in [0.717, 1.165) is 28.4 Å². The number of amides is 2. The normalized spacial score (nSPS) is 12.0. The van der Waals surface area contributed by atoms with E-state index in [-0.39, 0.29) is 23.0 Å². The number of anilines is 1. The van der Waals surface area contributed by atoms with Crippen molar-refractivity contribution >= 4 is 27.5 Å². The van der Waals surface area contributed by atoms with Crippen LogP contribution in [0.4, 0.5) is 10.1 Å². The van der Waals surface area contributed by atoms with Crippen molar-refractivity contribution in [2.45, 2.75) is 37.6 Å². The number of carbonyl (C=O) groups is 2. The Morgan fingerprint density at radius 1 is 0.919 bits per heavy atom. The predicted octanol–water partition coefficient (Wildman–Crippen LogP) is 4.01. The van der Waals surface area contributed by atoms with Gasteiger partial charge in [-0.1, -0.05) is 55.5 Å². The first-order valence-electron chi connectivity index (χ1n) is 12.2. The molecule has 7 nitrogen and oxygen atoms in total. The Hall–Kier alpha value is -3.72. The van der Waals surface area contributed by atoms with E-state index >= 15 is 0 Å². The molecule has 2 amide bonds. The summed E-state index contributed by atoms with van der Waals surface area (Å²) in [6.45, 7) is 3.74. The number of sulfonamides is 1. The van der Waals surface area contributed by atoms with Crippen molar-refractivity contribution in [3.05, 3.63) is 96.3 Å². The Kier molecular flexibility index (Phi) is 9.79. The maximum atomic E-state index is 13.7. The van der Waals surface area contributed by atoms with Crippen molar-refractivity contribution in [2.75, 3.05) is 23.9 Å². The molecule has 0 heterocycles. The molecule has 37 heavy (non-hydrogen) atoms. The number of hydrogen-bond donors (Lipinski definition) is 1. The summed E-state index contributed by atoms with van der Waals surface area (Å²) >= 11 is 0. The lowest BCUT2D eigenvalue weighted by Gasteiger charge is -2.32. The molecule has 0 aliphatic carbocycles. The molecule has 0 aromatic heterocycles. The van der Waals surface area contributed by atoms with Crippen LogP contribution < -0.4 is 9.62 Å². The van der Waals surface area contributed by atoms with E-state index in [1.807, 2.05) is 37.3 Å². The van der Waals surface area contributed by atoms with E-state index in [9.17, 15) is 22.4 Å². The largest absolute Gasteiger partial charge is 0.354 e. The van der Waals surface area contributed by atoms with Crippen LogP contribution in [-0.4, -0.2) is 50.8 Å². The first-order valence-corrected chi connectivity index (χ1v) is 13.6. The summed E-state index contributed by atoms with van der Waals surface area (Å²) in [5, 5.41) is 2.81. The van der Waals surface area contributed by atoms with Gasteiger partial charge >= 0.3 is 0 Å². The van der Waals surface area contributed by atoms with Crippen molar-refractivity contribution in [1.82, 2.24) is 10.2 Å². The summed E-state index contributed by atoms with van der Waals surface area (Å²) in [5.41, 5.74) is 1.27. The smallest absolute Gasteiger partial charge is 0.264 e. The fourth-order valence-corrected chi connectivity index (χ4v) is 5.24. The first-order chi connectivity index (χ1) is 17.7. The summed E-state index contributed by atoms with van der Waals surface area (Å²) in [7, 11) is -4.21. The molecule has 0 aliphatic rings. The Morgan fingerprint density at radius 2 is 1.51 bits per heavy atom. The number of benzene rings is 3. The monoisotopic (exact) mass is 525 g/mol. The van der Waals surface area contributed by atoms with Gasteiger partial charge in [-0.2, -0.15) is 0 Å². The van der Waals surface area contributed by atoms with Crippen molar-refractivity contribution in [3.63, 3.8) is 0 Å². The molecule has 3 rings (SSSR count). The highest BCUT2D eigenvalue weighted by Crippen LogP contribution is 2.24. The van der Waals surface area contributed by atoms with Gasteiger partial charge in [0.15, 0.2) is 0 Å². The molecule has 0 saturated carbocycles. The Bertz CT molecular complexity index is 1270. The van der Waals surface area contributed by atoms with E-state index in [4.69, 9.17) is 0 Å². The van der Waals surface area contributed by atoms with Crippen LogP contribution in [0, 0.1) is 5.82 Å². The number of carbonyl (C=O) groups excluding carboxylic acids is 2. The molecule has 0 bridgehead atoms. The number of nitrogens with zero attached hydrogens (tertiary/aromatic N) is 2. The molecular formula is C28H32FN3O4S. The molecule has 3 aromatic rings. The summed E-state index contributed by atoms with van der Waals surface area (Å²) in [6.07, 6.45) is 1.24.